The summed E-state index contributed by atoms with van der Waals surface area (Å²) in [5.41, 5.74) is 0. The van der Waals surface area contributed by atoms with Crippen molar-refractivity contribution in [2.75, 3.05) is 26.2 Å². The lowest BCUT2D eigenvalue weighted by Gasteiger charge is -2.28. The number of aliphatic hydroxyl groups is 1. The van der Waals surface area contributed by atoms with Crippen molar-refractivity contribution < 1.29 is 5.11 Å². The van der Waals surface area contributed by atoms with Gasteiger partial charge in [-0.05, 0) is 51.7 Å². The minimum atomic E-state index is 0.295. The summed E-state index contributed by atoms with van der Waals surface area (Å²) in [5, 5.41) is 17.3. The Balaban J connectivity index is 2.02. The van der Waals surface area contributed by atoms with Crippen molar-refractivity contribution in [3.8, 4) is 6.07 Å². The number of aliphatic hydroxyl groups excluding tert-OH is 1. The summed E-state index contributed by atoms with van der Waals surface area (Å²) in [6.45, 7) is 3.61. The van der Waals surface area contributed by atoms with Crippen LogP contribution in [0.15, 0.2) is 0 Å². The number of unbranched alkanes of at least 4 members (excludes halogenated alkanes) is 2. The molecule has 1 aliphatic heterocycles. The van der Waals surface area contributed by atoms with Gasteiger partial charge in [-0.25, -0.2) is 0 Å². The number of hydrogen-bond donors (Lipinski definition) is 1. The van der Waals surface area contributed by atoms with Crippen molar-refractivity contribution in [3.05, 3.63) is 0 Å². The van der Waals surface area contributed by atoms with Crippen molar-refractivity contribution >= 4 is 0 Å². The fourth-order valence-corrected chi connectivity index (χ4v) is 1.91. The molecule has 1 heterocycles. The van der Waals surface area contributed by atoms with E-state index in [9.17, 15) is 0 Å². The van der Waals surface area contributed by atoms with Crippen LogP contribution in [0.5, 0.6) is 0 Å². The average Bonchev–Trinajstić information content (AvgIpc) is 2.25. The predicted molar refractivity (Wildman–Crippen MR) is 55.7 cm³/mol. The molecule has 0 aromatic rings. The highest BCUT2D eigenvalue weighted by atomic mass is 16.2. The zero-order chi connectivity index (χ0) is 10.2. The Hall–Kier alpha value is -0.590. The molecule has 0 saturated carbocycles. The largest absolute Gasteiger partial charge is 0.396 e. The van der Waals surface area contributed by atoms with Gasteiger partial charge in [-0.3, -0.25) is 0 Å². The summed E-state index contributed by atoms with van der Waals surface area (Å²) >= 11 is 0. The Morgan fingerprint density at radius 2 is 1.93 bits per heavy atom. The van der Waals surface area contributed by atoms with Gasteiger partial charge in [0.1, 0.15) is 0 Å². The van der Waals surface area contributed by atoms with Crippen molar-refractivity contribution in [1.29, 1.82) is 5.26 Å². The fourth-order valence-electron chi connectivity index (χ4n) is 1.91. The first-order valence-electron chi connectivity index (χ1n) is 5.59. The molecule has 0 aromatic heterocycles. The maximum Gasteiger partial charge on any atom is 0.0656 e. The van der Waals surface area contributed by atoms with E-state index in [1.807, 2.05) is 0 Å². The highest BCUT2D eigenvalue weighted by Crippen LogP contribution is 2.16. The monoisotopic (exact) mass is 196 g/mol. The van der Waals surface area contributed by atoms with Gasteiger partial charge in [0.15, 0.2) is 0 Å². The van der Waals surface area contributed by atoms with E-state index in [-0.39, 0.29) is 0 Å². The molecule has 3 heteroatoms. The van der Waals surface area contributed by atoms with E-state index in [2.05, 4.69) is 11.0 Å². The molecule has 0 spiro atoms. The third-order valence-corrected chi connectivity index (χ3v) is 2.90. The molecule has 0 radical (unpaired) electrons. The summed E-state index contributed by atoms with van der Waals surface area (Å²) in [6, 6.07) is 2.34. The van der Waals surface area contributed by atoms with Crippen LogP contribution < -0.4 is 0 Å². The van der Waals surface area contributed by atoms with Crippen molar-refractivity contribution in [3.63, 3.8) is 0 Å². The van der Waals surface area contributed by atoms with Crippen LogP contribution in [0.1, 0.15) is 32.1 Å². The van der Waals surface area contributed by atoms with E-state index < -0.39 is 0 Å². The fraction of sp³-hybridized carbons (Fsp3) is 0.909. The number of piperidine rings is 1. The smallest absolute Gasteiger partial charge is 0.0656 e. The van der Waals surface area contributed by atoms with Crippen molar-refractivity contribution in [2.45, 2.75) is 32.1 Å². The summed E-state index contributed by atoms with van der Waals surface area (Å²) in [4.78, 5) is 2.44. The number of likely N-dealkylation sites (tertiary alicyclic amines) is 1. The van der Waals surface area contributed by atoms with Gasteiger partial charge in [0.2, 0.25) is 0 Å². The van der Waals surface area contributed by atoms with Gasteiger partial charge in [0, 0.05) is 12.5 Å². The van der Waals surface area contributed by atoms with Crippen LogP contribution in [0.3, 0.4) is 0 Å². The molecule has 0 amide bonds. The van der Waals surface area contributed by atoms with Gasteiger partial charge in [-0.15, -0.1) is 0 Å². The molecule has 1 rings (SSSR count). The highest BCUT2D eigenvalue weighted by molar-refractivity contribution is 4.87. The van der Waals surface area contributed by atoms with E-state index in [4.69, 9.17) is 10.4 Å². The first-order valence-corrected chi connectivity index (χ1v) is 5.59. The number of rotatable bonds is 5. The summed E-state index contributed by atoms with van der Waals surface area (Å²) < 4.78 is 0. The molecule has 0 bridgehead atoms. The molecule has 14 heavy (non-hydrogen) atoms. The minimum Gasteiger partial charge on any atom is -0.396 e. The SMILES string of the molecule is N#CC1CCN(CCCCCO)CC1. The molecule has 0 atom stereocenters. The van der Waals surface area contributed by atoms with Gasteiger partial charge in [0.25, 0.3) is 0 Å². The second kappa shape index (κ2) is 6.80. The second-order valence-electron chi connectivity index (χ2n) is 4.03. The topological polar surface area (TPSA) is 47.3 Å². The first-order chi connectivity index (χ1) is 6.86. The van der Waals surface area contributed by atoms with Gasteiger partial charge in [-0.1, -0.05) is 0 Å². The zero-order valence-electron chi connectivity index (χ0n) is 8.78. The van der Waals surface area contributed by atoms with Gasteiger partial charge >= 0.3 is 0 Å². The molecule has 0 aliphatic carbocycles. The molecule has 1 saturated heterocycles. The Labute approximate surface area is 86.3 Å². The highest BCUT2D eigenvalue weighted by Gasteiger charge is 2.17. The third kappa shape index (κ3) is 4.08. The van der Waals surface area contributed by atoms with Crippen LogP contribution in [0, 0.1) is 17.2 Å². The standard InChI is InChI=1S/C11H20N2O/c12-10-11-4-7-13(8-5-11)6-2-1-3-9-14/h11,14H,1-9H2. The lowest BCUT2D eigenvalue weighted by molar-refractivity contribution is 0.199. The Morgan fingerprint density at radius 1 is 1.21 bits per heavy atom. The molecule has 3 nitrogen and oxygen atoms in total. The quantitative estimate of drug-likeness (QED) is 0.676. The van der Waals surface area contributed by atoms with Gasteiger partial charge in [0.05, 0.1) is 6.07 Å². The average molecular weight is 196 g/mol. The summed E-state index contributed by atoms with van der Waals surface area (Å²) in [5.74, 6) is 0.295. The van der Waals surface area contributed by atoms with Crippen molar-refractivity contribution in [1.82, 2.24) is 4.90 Å². The van der Waals surface area contributed by atoms with Crippen molar-refractivity contribution in [2.24, 2.45) is 5.92 Å². The Kier molecular flexibility index (Phi) is 5.58. The van der Waals surface area contributed by atoms with E-state index in [1.165, 1.54) is 6.42 Å². The van der Waals surface area contributed by atoms with E-state index >= 15 is 0 Å². The second-order valence-corrected chi connectivity index (χ2v) is 4.03. The van der Waals surface area contributed by atoms with Gasteiger partial charge < -0.3 is 10.0 Å². The van der Waals surface area contributed by atoms with Crippen LogP contribution in [0.4, 0.5) is 0 Å². The molecule has 1 N–H and O–H groups in total. The van der Waals surface area contributed by atoms with Crippen LogP contribution in [-0.2, 0) is 0 Å². The van der Waals surface area contributed by atoms with Crippen LogP contribution >= 0.6 is 0 Å². The molecular weight excluding hydrogens is 176 g/mol. The van der Waals surface area contributed by atoms with E-state index in [0.29, 0.717) is 12.5 Å². The first kappa shape index (κ1) is 11.5. The number of hydrogen-bond acceptors (Lipinski definition) is 3. The molecule has 1 fully saturated rings. The zero-order valence-corrected chi connectivity index (χ0v) is 8.78. The molecule has 0 unspecified atom stereocenters. The van der Waals surface area contributed by atoms with Crippen LogP contribution in [0.25, 0.3) is 0 Å². The lowest BCUT2D eigenvalue weighted by Crippen LogP contribution is -2.33. The lowest BCUT2D eigenvalue weighted by atomic mass is 9.98. The maximum atomic E-state index is 8.73. The summed E-state index contributed by atoms with van der Waals surface area (Å²) in [7, 11) is 0. The van der Waals surface area contributed by atoms with E-state index in [0.717, 1.165) is 45.3 Å². The minimum absolute atomic E-state index is 0.295. The maximum absolute atomic E-state index is 8.73. The third-order valence-electron chi connectivity index (χ3n) is 2.90. The molecule has 0 aromatic carbocycles. The predicted octanol–water partition coefficient (Wildman–Crippen LogP) is 1.38. The van der Waals surface area contributed by atoms with Crippen LogP contribution in [0.2, 0.25) is 0 Å². The number of nitrogens with zero attached hydrogens (tertiary/aromatic N) is 2. The van der Waals surface area contributed by atoms with Gasteiger partial charge in [-0.2, -0.15) is 5.26 Å². The Bertz CT molecular complexity index is 180. The summed E-state index contributed by atoms with van der Waals surface area (Å²) in [6.07, 6.45) is 5.30. The number of nitriles is 1. The molecule has 1 aliphatic rings. The molecule has 80 valence electrons. The van der Waals surface area contributed by atoms with E-state index in [1.54, 1.807) is 0 Å². The van der Waals surface area contributed by atoms with Crippen LogP contribution in [-0.4, -0.2) is 36.2 Å². The normalized spacial score (nSPS) is 19.4. The Morgan fingerprint density at radius 3 is 2.50 bits per heavy atom. The molecular formula is C11H20N2O.